The largest absolute Gasteiger partial charge is 0.456 e. The Kier molecular flexibility index (Phi) is 2.87. The topological polar surface area (TPSA) is 35.5 Å². The van der Waals surface area contributed by atoms with E-state index in [2.05, 4.69) is 6.58 Å². The standard InChI is InChI=1S/C9H14O3/c1-6(2)11-5-8-4-7(3)9(10)12-8/h6,8H,3-5H2,1-2H3. The van der Waals surface area contributed by atoms with E-state index < -0.39 is 0 Å². The minimum atomic E-state index is -0.285. The fourth-order valence-electron chi connectivity index (χ4n) is 1.03. The third-order valence-corrected chi connectivity index (χ3v) is 1.65. The van der Waals surface area contributed by atoms with E-state index in [-0.39, 0.29) is 18.2 Å². The predicted molar refractivity (Wildman–Crippen MR) is 44.7 cm³/mol. The highest BCUT2D eigenvalue weighted by molar-refractivity contribution is 5.89. The van der Waals surface area contributed by atoms with E-state index in [9.17, 15) is 4.79 Å². The zero-order valence-electron chi connectivity index (χ0n) is 7.50. The van der Waals surface area contributed by atoms with Gasteiger partial charge in [-0.3, -0.25) is 0 Å². The molecule has 68 valence electrons. The van der Waals surface area contributed by atoms with Crippen LogP contribution in [0, 0.1) is 0 Å². The second kappa shape index (κ2) is 3.72. The molecule has 1 rings (SSSR count). The van der Waals surface area contributed by atoms with Crippen LogP contribution >= 0.6 is 0 Å². The minimum absolute atomic E-state index is 0.118. The fourth-order valence-corrected chi connectivity index (χ4v) is 1.03. The molecule has 1 atom stereocenters. The van der Waals surface area contributed by atoms with Gasteiger partial charge in [0.25, 0.3) is 0 Å². The van der Waals surface area contributed by atoms with Gasteiger partial charge in [-0.2, -0.15) is 0 Å². The van der Waals surface area contributed by atoms with E-state index in [0.717, 1.165) is 0 Å². The maximum absolute atomic E-state index is 10.9. The lowest BCUT2D eigenvalue weighted by Crippen LogP contribution is -2.18. The maximum atomic E-state index is 10.9. The number of carbonyl (C=O) groups excluding carboxylic acids is 1. The van der Waals surface area contributed by atoms with E-state index >= 15 is 0 Å². The van der Waals surface area contributed by atoms with Crippen LogP contribution in [0.5, 0.6) is 0 Å². The van der Waals surface area contributed by atoms with Crippen LogP contribution in [0.25, 0.3) is 0 Å². The van der Waals surface area contributed by atoms with Crippen LogP contribution in [0.15, 0.2) is 12.2 Å². The van der Waals surface area contributed by atoms with Gasteiger partial charge in [-0.15, -0.1) is 0 Å². The van der Waals surface area contributed by atoms with E-state index in [1.54, 1.807) is 0 Å². The molecule has 0 aliphatic carbocycles. The Morgan fingerprint density at radius 1 is 1.75 bits per heavy atom. The third-order valence-electron chi connectivity index (χ3n) is 1.65. The van der Waals surface area contributed by atoms with Crippen molar-refractivity contribution in [3.05, 3.63) is 12.2 Å². The molecule has 1 unspecified atom stereocenters. The van der Waals surface area contributed by atoms with Crippen LogP contribution in [0.2, 0.25) is 0 Å². The molecular weight excluding hydrogens is 156 g/mol. The second-order valence-electron chi connectivity index (χ2n) is 3.22. The smallest absolute Gasteiger partial charge is 0.333 e. The molecule has 1 fully saturated rings. The van der Waals surface area contributed by atoms with Crippen LogP contribution in [-0.4, -0.2) is 24.8 Å². The van der Waals surface area contributed by atoms with Gasteiger partial charge in [0, 0.05) is 12.0 Å². The highest BCUT2D eigenvalue weighted by Crippen LogP contribution is 2.18. The minimum Gasteiger partial charge on any atom is -0.456 e. The van der Waals surface area contributed by atoms with E-state index in [4.69, 9.17) is 9.47 Å². The number of hydrogen-bond donors (Lipinski definition) is 0. The second-order valence-corrected chi connectivity index (χ2v) is 3.22. The van der Waals surface area contributed by atoms with Crippen LogP contribution in [0.1, 0.15) is 20.3 Å². The molecule has 3 nitrogen and oxygen atoms in total. The SMILES string of the molecule is C=C1CC(COC(C)C)OC1=O. The van der Waals surface area contributed by atoms with Gasteiger partial charge >= 0.3 is 5.97 Å². The maximum Gasteiger partial charge on any atom is 0.333 e. The molecule has 0 radical (unpaired) electrons. The number of ether oxygens (including phenoxy) is 2. The van der Waals surface area contributed by atoms with E-state index in [0.29, 0.717) is 18.6 Å². The summed E-state index contributed by atoms with van der Waals surface area (Å²) in [6, 6.07) is 0. The lowest BCUT2D eigenvalue weighted by atomic mass is 10.2. The summed E-state index contributed by atoms with van der Waals surface area (Å²) < 4.78 is 10.3. The van der Waals surface area contributed by atoms with Crippen molar-refractivity contribution in [2.75, 3.05) is 6.61 Å². The Bertz CT molecular complexity index is 180. The molecule has 0 spiro atoms. The highest BCUT2D eigenvalue weighted by Gasteiger charge is 2.27. The van der Waals surface area contributed by atoms with Crippen molar-refractivity contribution in [2.45, 2.75) is 32.5 Å². The van der Waals surface area contributed by atoms with Crippen LogP contribution in [-0.2, 0) is 14.3 Å². The van der Waals surface area contributed by atoms with Crippen LogP contribution in [0.3, 0.4) is 0 Å². The van der Waals surface area contributed by atoms with Crippen molar-refractivity contribution in [2.24, 2.45) is 0 Å². The van der Waals surface area contributed by atoms with Crippen LogP contribution in [0.4, 0.5) is 0 Å². The summed E-state index contributed by atoms with van der Waals surface area (Å²) in [5.41, 5.74) is 0.548. The van der Waals surface area contributed by atoms with Gasteiger partial charge in [-0.1, -0.05) is 6.58 Å². The lowest BCUT2D eigenvalue weighted by Gasteiger charge is -2.11. The molecule has 0 N–H and O–H groups in total. The quantitative estimate of drug-likeness (QED) is 0.473. The van der Waals surface area contributed by atoms with Gasteiger partial charge in [-0.05, 0) is 13.8 Å². The number of cyclic esters (lactones) is 1. The molecule has 0 bridgehead atoms. The normalized spacial score (nSPS) is 23.4. The molecule has 1 aliphatic heterocycles. The van der Waals surface area contributed by atoms with Crippen molar-refractivity contribution in [1.82, 2.24) is 0 Å². The molecule has 0 aromatic rings. The van der Waals surface area contributed by atoms with Crippen molar-refractivity contribution in [1.29, 1.82) is 0 Å². The molecular formula is C9H14O3. The summed E-state index contributed by atoms with van der Waals surface area (Å²) in [6.45, 7) is 7.96. The average molecular weight is 170 g/mol. The molecule has 1 saturated heterocycles. The van der Waals surface area contributed by atoms with Crippen molar-refractivity contribution in [3.63, 3.8) is 0 Å². The Morgan fingerprint density at radius 2 is 2.42 bits per heavy atom. The lowest BCUT2D eigenvalue weighted by molar-refractivity contribution is -0.141. The summed E-state index contributed by atoms with van der Waals surface area (Å²) in [5.74, 6) is -0.285. The van der Waals surface area contributed by atoms with E-state index in [1.165, 1.54) is 0 Å². The average Bonchev–Trinajstić information content (AvgIpc) is 2.28. The van der Waals surface area contributed by atoms with Gasteiger partial charge in [0.05, 0.1) is 12.7 Å². The summed E-state index contributed by atoms with van der Waals surface area (Å²) in [6.07, 6.45) is 0.663. The van der Waals surface area contributed by atoms with E-state index in [1.807, 2.05) is 13.8 Å². The molecule has 0 aromatic heterocycles. The van der Waals surface area contributed by atoms with Gasteiger partial charge in [0.15, 0.2) is 0 Å². The first kappa shape index (κ1) is 9.26. The van der Waals surface area contributed by atoms with Gasteiger partial charge < -0.3 is 9.47 Å². The molecule has 0 amide bonds. The summed E-state index contributed by atoms with van der Waals surface area (Å²) in [4.78, 5) is 10.9. The molecule has 0 saturated carbocycles. The van der Waals surface area contributed by atoms with Gasteiger partial charge in [0.1, 0.15) is 6.10 Å². The first-order valence-corrected chi connectivity index (χ1v) is 4.10. The number of rotatable bonds is 3. The Balaban J connectivity index is 2.28. The van der Waals surface area contributed by atoms with Gasteiger partial charge in [-0.25, -0.2) is 4.79 Å². The van der Waals surface area contributed by atoms with Crippen molar-refractivity contribution in [3.8, 4) is 0 Å². The first-order valence-electron chi connectivity index (χ1n) is 4.10. The molecule has 0 aromatic carbocycles. The molecule has 1 heterocycles. The number of hydrogen-bond acceptors (Lipinski definition) is 3. The predicted octanol–water partition coefficient (Wildman–Crippen LogP) is 1.28. The fraction of sp³-hybridized carbons (Fsp3) is 0.667. The summed E-state index contributed by atoms with van der Waals surface area (Å²) in [7, 11) is 0. The number of esters is 1. The summed E-state index contributed by atoms with van der Waals surface area (Å²) in [5, 5.41) is 0. The molecule has 12 heavy (non-hydrogen) atoms. The monoisotopic (exact) mass is 170 g/mol. The third kappa shape index (κ3) is 2.34. The highest BCUT2D eigenvalue weighted by atomic mass is 16.6. The number of carbonyl (C=O) groups is 1. The van der Waals surface area contributed by atoms with Crippen LogP contribution < -0.4 is 0 Å². The Hall–Kier alpha value is -0.830. The zero-order chi connectivity index (χ0) is 9.14. The van der Waals surface area contributed by atoms with Crippen molar-refractivity contribution < 1.29 is 14.3 Å². The molecule has 1 aliphatic rings. The zero-order valence-corrected chi connectivity index (χ0v) is 7.50. The molecule has 3 heteroatoms. The van der Waals surface area contributed by atoms with Crippen molar-refractivity contribution >= 4 is 5.97 Å². The summed E-state index contributed by atoms with van der Waals surface area (Å²) >= 11 is 0. The van der Waals surface area contributed by atoms with Gasteiger partial charge in [0.2, 0.25) is 0 Å². The first-order chi connectivity index (χ1) is 5.59. The Morgan fingerprint density at radius 3 is 2.83 bits per heavy atom. The Labute approximate surface area is 72.4 Å².